The summed E-state index contributed by atoms with van der Waals surface area (Å²) >= 11 is 1.76. The van der Waals surface area contributed by atoms with Gasteiger partial charge in [0.1, 0.15) is 0 Å². The van der Waals surface area contributed by atoms with E-state index in [-0.39, 0.29) is 5.75 Å². The van der Waals surface area contributed by atoms with Crippen molar-refractivity contribution < 1.29 is 8.42 Å². The Labute approximate surface area is 172 Å². The lowest BCUT2D eigenvalue weighted by atomic mass is 9.89. The van der Waals surface area contributed by atoms with E-state index in [4.69, 9.17) is 0 Å². The van der Waals surface area contributed by atoms with E-state index in [1.807, 2.05) is 4.57 Å². The highest BCUT2D eigenvalue weighted by Gasteiger charge is 2.33. The zero-order valence-corrected chi connectivity index (χ0v) is 18.3. The highest BCUT2D eigenvalue weighted by molar-refractivity contribution is 7.91. The molecule has 2 heterocycles. The number of hydrogen-bond acceptors (Lipinski definition) is 5. The SMILES string of the molecule is CN(Cc1cccs1)Cc1cnc(S(=O)(=O)CC2CC2)n1CC1CCCCC1. The third-order valence-electron chi connectivity index (χ3n) is 5.94. The first kappa shape index (κ1) is 20.1. The van der Waals surface area contributed by atoms with Crippen LogP contribution in [-0.2, 0) is 29.5 Å². The molecule has 2 aliphatic carbocycles. The van der Waals surface area contributed by atoms with Crippen molar-refractivity contribution in [1.29, 1.82) is 0 Å². The van der Waals surface area contributed by atoms with E-state index in [0.717, 1.165) is 38.2 Å². The summed E-state index contributed by atoms with van der Waals surface area (Å²) in [5.74, 6) is 1.17. The summed E-state index contributed by atoms with van der Waals surface area (Å²) in [6, 6.07) is 4.22. The van der Waals surface area contributed by atoms with Gasteiger partial charge in [-0.25, -0.2) is 13.4 Å². The van der Waals surface area contributed by atoms with Crippen molar-refractivity contribution in [3.63, 3.8) is 0 Å². The van der Waals surface area contributed by atoms with Crippen LogP contribution in [-0.4, -0.2) is 35.7 Å². The highest BCUT2D eigenvalue weighted by Crippen LogP contribution is 2.33. The van der Waals surface area contributed by atoms with Crippen molar-refractivity contribution in [2.75, 3.05) is 12.8 Å². The van der Waals surface area contributed by atoms with Crippen molar-refractivity contribution in [1.82, 2.24) is 14.5 Å². The Hall–Kier alpha value is -1.18. The molecule has 0 bridgehead atoms. The Kier molecular flexibility index (Phi) is 6.23. The fourth-order valence-electron chi connectivity index (χ4n) is 4.26. The molecule has 2 fully saturated rings. The lowest BCUT2D eigenvalue weighted by Crippen LogP contribution is -2.24. The minimum Gasteiger partial charge on any atom is -0.317 e. The predicted octanol–water partition coefficient (Wildman–Crippen LogP) is 4.34. The second-order valence-electron chi connectivity index (χ2n) is 8.62. The number of nitrogens with zero attached hydrogens (tertiary/aromatic N) is 3. The van der Waals surface area contributed by atoms with Crippen LogP contribution in [0.5, 0.6) is 0 Å². The molecule has 4 rings (SSSR count). The van der Waals surface area contributed by atoms with Gasteiger partial charge in [-0.3, -0.25) is 4.90 Å². The first-order valence-corrected chi connectivity index (χ1v) is 13.0. The van der Waals surface area contributed by atoms with E-state index in [2.05, 4.69) is 34.4 Å². The number of rotatable bonds is 9. The molecule has 0 aliphatic heterocycles. The van der Waals surface area contributed by atoms with Crippen LogP contribution < -0.4 is 0 Å². The van der Waals surface area contributed by atoms with Gasteiger partial charge in [-0.2, -0.15) is 0 Å². The number of aromatic nitrogens is 2. The quantitative estimate of drug-likeness (QED) is 0.604. The molecule has 5 nitrogen and oxygen atoms in total. The molecular weight excluding hydrogens is 390 g/mol. The Bertz CT molecular complexity index is 864. The summed E-state index contributed by atoms with van der Waals surface area (Å²) in [5.41, 5.74) is 1.03. The van der Waals surface area contributed by atoms with Crippen LogP contribution in [0.4, 0.5) is 0 Å². The van der Waals surface area contributed by atoms with E-state index >= 15 is 0 Å². The summed E-state index contributed by atoms with van der Waals surface area (Å²) in [5, 5.41) is 2.41. The van der Waals surface area contributed by atoms with Crippen LogP contribution in [0.2, 0.25) is 0 Å². The highest BCUT2D eigenvalue weighted by atomic mass is 32.2. The van der Waals surface area contributed by atoms with Crippen LogP contribution in [0.25, 0.3) is 0 Å². The van der Waals surface area contributed by atoms with Gasteiger partial charge >= 0.3 is 0 Å². The monoisotopic (exact) mass is 421 g/mol. The molecule has 0 radical (unpaired) electrons. The maximum atomic E-state index is 13.0. The largest absolute Gasteiger partial charge is 0.317 e. The second-order valence-corrected chi connectivity index (χ2v) is 11.6. The molecule has 0 amide bonds. The van der Waals surface area contributed by atoms with E-state index < -0.39 is 9.84 Å². The van der Waals surface area contributed by atoms with Gasteiger partial charge in [-0.15, -0.1) is 11.3 Å². The first-order valence-electron chi connectivity index (χ1n) is 10.5. The van der Waals surface area contributed by atoms with Crippen LogP contribution in [0.15, 0.2) is 28.9 Å². The standard InChI is InChI=1S/C21H31N3O2S2/c1-23(15-20-8-5-11-27-20)14-19-12-22-21(28(25,26)16-18-9-10-18)24(19)13-17-6-3-2-4-7-17/h5,8,11-12,17-18H,2-4,6-7,9-10,13-16H2,1H3. The maximum Gasteiger partial charge on any atom is 0.227 e. The molecule has 2 aromatic heterocycles. The molecule has 2 saturated carbocycles. The molecule has 0 unspecified atom stereocenters. The van der Waals surface area contributed by atoms with Crippen molar-refractivity contribution in [2.45, 2.75) is 69.7 Å². The number of thiophene rings is 1. The fourth-order valence-corrected chi connectivity index (χ4v) is 6.89. The Balaban J connectivity index is 1.55. The number of sulfone groups is 1. The number of imidazole rings is 1. The van der Waals surface area contributed by atoms with Gasteiger partial charge in [0.15, 0.2) is 0 Å². The topological polar surface area (TPSA) is 55.2 Å². The van der Waals surface area contributed by atoms with E-state index in [1.54, 1.807) is 17.5 Å². The Morgan fingerprint density at radius 1 is 1.14 bits per heavy atom. The predicted molar refractivity (Wildman–Crippen MR) is 113 cm³/mol. The third kappa shape index (κ3) is 5.05. The van der Waals surface area contributed by atoms with E-state index in [9.17, 15) is 8.42 Å². The number of hydrogen-bond donors (Lipinski definition) is 0. The lowest BCUT2D eigenvalue weighted by molar-refractivity contribution is 0.283. The second kappa shape index (κ2) is 8.67. The van der Waals surface area contributed by atoms with Crippen molar-refractivity contribution in [3.05, 3.63) is 34.3 Å². The summed E-state index contributed by atoms with van der Waals surface area (Å²) in [7, 11) is -1.21. The summed E-state index contributed by atoms with van der Waals surface area (Å²) in [6.45, 7) is 2.38. The summed E-state index contributed by atoms with van der Waals surface area (Å²) in [6.07, 6.45) is 10.1. The molecule has 28 heavy (non-hydrogen) atoms. The van der Waals surface area contributed by atoms with Gasteiger partial charge in [0.25, 0.3) is 0 Å². The molecule has 0 saturated heterocycles. The van der Waals surface area contributed by atoms with Crippen LogP contribution in [0.1, 0.15) is 55.5 Å². The zero-order valence-electron chi connectivity index (χ0n) is 16.7. The molecule has 0 N–H and O–H groups in total. The minimum absolute atomic E-state index is 0.263. The normalized spacial score (nSPS) is 18.8. The van der Waals surface area contributed by atoms with Crippen LogP contribution >= 0.6 is 11.3 Å². The van der Waals surface area contributed by atoms with Crippen molar-refractivity contribution in [2.24, 2.45) is 11.8 Å². The molecule has 0 aromatic carbocycles. The lowest BCUT2D eigenvalue weighted by Gasteiger charge is -2.25. The molecule has 154 valence electrons. The molecular formula is C21H31N3O2S2. The Morgan fingerprint density at radius 2 is 1.93 bits per heavy atom. The van der Waals surface area contributed by atoms with Gasteiger partial charge in [0.2, 0.25) is 15.0 Å². The molecule has 7 heteroatoms. The van der Waals surface area contributed by atoms with Gasteiger partial charge < -0.3 is 4.57 Å². The zero-order chi connectivity index (χ0) is 19.6. The third-order valence-corrected chi connectivity index (χ3v) is 8.59. The average molecular weight is 422 g/mol. The Morgan fingerprint density at radius 3 is 2.61 bits per heavy atom. The van der Waals surface area contributed by atoms with Gasteiger partial charge in [0.05, 0.1) is 17.6 Å². The van der Waals surface area contributed by atoms with Crippen LogP contribution in [0, 0.1) is 11.8 Å². The average Bonchev–Trinajstić information content (AvgIpc) is 3.14. The summed E-state index contributed by atoms with van der Waals surface area (Å²) < 4.78 is 28.1. The smallest absolute Gasteiger partial charge is 0.227 e. The van der Waals surface area contributed by atoms with E-state index in [1.165, 1.54) is 37.0 Å². The van der Waals surface area contributed by atoms with Gasteiger partial charge in [-0.1, -0.05) is 25.3 Å². The van der Waals surface area contributed by atoms with Crippen molar-refractivity contribution in [3.8, 4) is 0 Å². The fraction of sp³-hybridized carbons (Fsp3) is 0.667. The molecule has 2 aliphatic rings. The maximum absolute atomic E-state index is 13.0. The molecule has 0 atom stereocenters. The van der Waals surface area contributed by atoms with Gasteiger partial charge in [-0.05, 0) is 56.0 Å². The van der Waals surface area contributed by atoms with Crippen LogP contribution in [0.3, 0.4) is 0 Å². The molecule has 0 spiro atoms. The van der Waals surface area contributed by atoms with E-state index in [0.29, 0.717) is 17.0 Å². The van der Waals surface area contributed by atoms with Gasteiger partial charge in [0, 0.05) is 24.5 Å². The van der Waals surface area contributed by atoms with Crippen molar-refractivity contribution >= 4 is 21.2 Å². The minimum atomic E-state index is -3.31. The first-order chi connectivity index (χ1) is 13.5. The molecule has 2 aromatic rings. The summed E-state index contributed by atoms with van der Waals surface area (Å²) in [4.78, 5) is 8.00.